The van der Waals surface area contributed by atoms with Crippen molar-refractivity contribution in [2.24, 2.45) is 10.8 Å². The summed E-state index contributed by atoms with van der Waals surface area (Å²) >= 11 is 0. The number of fused-ring (bicyclic) bond motifs is 3. The zero-order valence-electron chi connectivity index (χ0n) is 23.4. The van der Waals surface area contributed by atoms with Crippen molar-refractivity contribution in [3.05, 3.63) is 84.9 Å². The molecule has 3 fully saturated rings. The van der Waals surface area contributed by atoms with E-state index in [1.165, 1.54) is 27.7 Å². The van der Waals surface area contributed by atoms with E-state index in [1.54, 1.807) is 12.1 Å². The van der Waals surface area contributed by atoms with Crippen LogP contribution in [0.2, 0.25) is 0 Å². The van der Waals surface area contributed by atoms with Gasteiger partial charge in [-0.15, -0.1) is 0 Å². The monoisotopic (exact) mass is 578 g/mol. The van der Waals surface area contributed by atoms with Crippen LogP contribution in [0.15, 0.2) is 84.9 Å². The van der Waals surface area contributed by atoms with Gasteiger partial charge in [0.25, 0.3) is 0 Å². The Morgan fingerprint density at radius 2 is 1.32 bits per heavy atom. The summed E-state index contributed by atoms with van der Waals surface area (Å²) in [6, 6.07) is 27.1. The average molecular weight is 579 g/mol. The lowest BCUT2D eigenvalue weighted by Gasteiger charge is -2.38. The van der Waals surface area contributed by atoms with Gasteiger partial charge in [-0.05, 0) is 24.6 Å². The van der Waals surface area contributed by atoms with Crippen molar-refractivity contribution in [1.82, 2.24) is 0 Å². The summed E-state index contributed by atoms with van der Waals surface area (Å²) in [4.78, 5) is 13.3. The number of ether oxygens (including phenoxy) is 2. The molecule has 6 rings (SSSR count). The molecule has 0 aromatic heterocycles. The lowest BCUT2D eigenvalue weighted by Crippen LogP contribution is -2.60. The van der Waals surface area contributed by atoms with Crippen LogP contribution in [-0.2, 0) is 9.53 Å². The molecule has 1 saturated heterocycles. The number of carbonyl (C=O) groups is 1. The summed E-state index contributed by atoms with van der Waals surface area (Å²) in [5.41, 5.74) is -9.14. The minimum atomic E-state index is -2.22. The van der Waals surface area contributed by atoms with Crippen molar-refractivity contribution in [2.75, 3.05) is 0 Å². The largest absolute Gasteiger partial charge is 0.426 e. The molecule has 0 spiro atoms. The summed E-state index contributed by atoms with van der Waals surface area (Å²) in [6.07, 6.45) is -3.80. The Bertz CT molecular complexity index is 1460. The van der Waals surface area contributed by atoms with E-state index in [2.05, 4.69) is 0 Å². The Kier molecular flexibility index (Phi) is 6.18. The van der Waals surface area contributed by atoms with Gasteiger partial charge in [0.1, 0.15) is 23.1 Å². The smallest absolute Gasteiger partial charge is 0.313 e. The first-order valence-corrected chi connectivity index (χ1v) is 15.0. The summed E-state index contributed by atoms with van der Waals surface area (Å²) in [5.74, 6) is -2.66. The Morgan fingerprint density at radius 1 is 0.805 bits per heavy atom. The zero-order chi connectivity index (χ0) is 29.6. The van der Waals surface area contributed by atoms with Crippen LogP contribution in [0.4, 0.5) is 0 Å². The van der Waals surface area contributed by atoms with E-state index in [0.29, 0.717) is 5.75 Å². The van der Waals surface area contributed by atoms with Gasteiger partial charge < -0.3 is 35.0 Å². The number of rotatable bonds is 7. The van der Waals surface area contributed by atoms with E-state index < -0.39 is 65.9 Å². The summed E-state index contributed by atoms with van der Waals surface area (Å²) < 4.78 is 11.6. The lowest BCUT2D eigenvalue weighted by atomic mass is 9.91. The van der Waals surface area contributed by atoms with E-state index in [9.17, 15) is 30.3 Å². The van der Waals surface area contributed by atoms with Crippen molar-refractivity contribution in [2.45, 2.75) is 68.9 Å². The molecule has 216 valence electrons. The first-order chi connectivity index (χ1) is 19.2. The molecule has 8 nitrogen and oxygen atoms in total. The molecule has 0 radical (unpaired) electrons. The number of para-hydroxylation sites is 1. The maximum atomic E-state index is 13.3. The SMILES string of the molecule is CC1(C)[C@@]2(O)[C@]3(O)C(C)(C)[C@]3(O)[C@@H](C(O)CC(=O)Oc3ccccc3P(c3ccccc3)c3ccccc3)O[C@@]12O. The van der Waals surface area contributed by atoms with Crippen LogP contribution in [0.5, 0.6) is 5.75 Å². The summed E-state index contributed by atoms with van der Waals surface area (Å²) in [6.45, 7) is 6.07. The predicted molar refractivity (Wildman–Crippen MR) is 154 cm³/mol. The maximum Gasteiger partial charge on any atom is 0.313 e. The molecule has 3 aromatic rings. The number of carbonyl (C=O) groups excluding carboxylic acids is 1. The number of hydrogen-bond donors (Lipinski definition) is 5. The maximum absolute atomic E-state index is 13.3. The van der Waals surface area contributed by atoms with E-state index in [4.69, 9.17) is 9.47 Å². The highest BCUT2D eigenvalue weighted by Crippen LogP contribution is 2.87. The molecule has 5 N–H and O–H groups in total. The molecule has 41 heavy (non-hydrogen) atoms. The number of benzene rings is 3. The second-order valence-electron chi connectivity index (χ2n) is 12.3. The van der Waals surface area contributed by atoms with Gasteiger partial charge in [0, 0.05) is 10.7 Å². The van der Waals surface area contributed by atoms with Crippen molar-refractivity contribution >= 4 is 29.8 Å². The first kappa shape index (κ1) is 28.4. The van der Waals surface area contributed by atoms with E-state index >= 15 is 0 Å². The molecule has 6 atom stereocenters. The number of esters is 1. The summed E-state index contributed by atoms with van der Waals surface area (Å²) in [5, 5.41) is 59.7. The fourth-order valence-electron chi connectivity index (χ4n) is 7.25. The molecule has 9 heteroatoms. The second-order valence-corrected chi connectivity index (χ2v) is 14.5. The van der Waals surface area contributed by atoms with E-state index in [0.717, 1.165) is 15.9 Å². The van der Waals surface area contributed by atoms with Gasteiger partial charge in [-0.1, -0.05) is 107 Å². The fraction of sp³-hybridized carbons (Fsp3) is 0.406. The van der Waals surface area contributed by atoms with Crippen molar-refractivity contribution < 1.29 is 39.8 Å². The Morgan fingerprint density at radius 3 is 1.88 bits per heavy atom. The van der Waals surface area contributed by atoms with Gasteiger partial charge >= 0.3 is 5.97 Å². The molecule has 1 aliphatic heterocycles. The first-order valence-electron chi connectivity index (χ1n) is 13.7. The van der Waals surface area contributed by atoms with Crippen LogP contribution < -0.4 is 20.7 Å². The predicted octanol–water partition coefficient (Wildman–Crippen LogP) is 1.46. The minimum absolute atomic E-state index is 0.339. The number of aliphatic hydroxyl groups excluding tert-OH is 1. The molecular weight excluding hydrogens is 543 g/mol. The van der Waals surface area contributed by atoms with Gasteiger partial charge in [0.05, 0.1) is 17.9 Å². The van der Waals surface area contributed by atoms with E-state index in [1.807, 2.05) is 72.8 Å². The molecule has 3 aliphatic rings. The zero-order valence-corrected chi connectivity index (χ0v) is 24.2. The average Bonchev–Trinajstić information content (AvgIpc) is 3.51. The summed E-state index contributed by atoms with van der Waals surface area (Å²) in [7, 11) is -1.08. The Hall–Kier alpha value is -2.68. The topological polar surface area (TPSA) is 137 Å². The minimum Gasteiger partial charge on any atom is -0.426 e. The molecule has 1 unspecified atom stereocenters. The van der Waals surface area contributed by atoms with Crippen molar-refractivity contribution in [3.8, 4) is 5.75 Å². The van der Waals surface area contributed by atoms with E-state index in [-0.39, 0.29) is 0 Å². The Balaban J connectivity index is 1.27. The van der Waals surface area contributed by atoms with Gasteiger partial charge in [-0.25, -0.2) is 0 Å². The third kappa shape index (κ3) is 3.33. The Labute approximate surface area is 239 Å². The highest BCUT2D eigenvalue weighted by molar-refractivity contribution is 7.80. The van der Waals surface area contributed by atoms with Crippen molar-refractivity contribution in [3.63, 3.8) is 0 Å². The van der Waals surface area contributed by atoms with Gasteiger partial charge in [-0.3, -0.25) is 4.79 Å². The molecule has 0 amide bonds. The number of aliphatic hydroxyl groups is 5. The van der Waals surface area contributed by atoms with Crippen LogP contribution in [0, 0.1) is 10.8 Å². The lowest BCUT2D eigenvalue weighted by molar-refractivity contribution is -0.301. The highest BCUT2D eigenvalue weighted by Gasteiger charge is 3.08. The molecular formula is C32H35O8P. The van der Waals surface area contributed by atoms with Crippen LogP contribution in [-0.4, -0.2) is 66.3 Å². The molecule has 3 aromatic carbocycles. The third-order valence-corrected chi connectivity index (χ3v) is 12.3. The third-order valence-electron chi connectivity index (χ3n) is 9.84. The molecule has 0 bridgehead atoms. The molecule has 1 heterocycles. The quantitative estimate of drug-likeness (QED) is 0.162. The highest BCUT2D eigenvalue weighted by atomic mass is 31.1. The van der Waals surface area contributed by atoms with Crippen LogP contribution in [0.1, 0.15) is 34.1 Å². The van der Waals surface area contributed by atoms with Gasteiger partial charge in [-0.2, -0.15) is 0 Å². The van der Waals surface area contributed by atoms with Crippen molar-refractivity contribution in [1.29, 1.82) is 0 Å². The molecule has 2 aliphatic carbocycles. The molecule has 2 saturated carbocycles. The standard InChI is InChI=1S/C32H35O8P/c1-27(2)29(35)26(40-32(38)28(3,4)31(32,37)30(27,29)36)22(33)19-25(34)39-23-17-11-12-18-24(23)41(20-13-7-5-8-14-20)21-15-9-6-10-16-21/h5-18,22,26,33,35-38H,19H2,1-4H3/t22?,26-,29-,30+,31-,32+/m1/s1. The van der Waals surface area contributed by atoms with Gasteiger partial charge in [0.2, 0.25) is 5.79 Å². The van der Waals surface area contributed by atoms with Gasteiger partial charge in [0.15, 0.2) is 5.60 Å². The van der Waals surface area contributed by atoms with Crippen LogP contribution in [0.25, 0.3) is 0 Å². The number of hydrogen-bond acceptors (Lipinski definition) is 8. The second kappa shape index (κ2) is 8.91. The normalized spacial score (nSPS) is 34.7. The van der Waals surface area contributed by atoms with Crippen LogP contribution in [0.3, 0.4) is 0 Å². The van der Waals surface area contributed by atoms with Crippen LogP contribution >= 0.6 is 7.92 Å². The fourth-order valence-corrected chi connectivity index (χ4v) is 9.62.